The van der Waals surface area contributed by atoms with E-state index in [2.05, 4.69) is 10.3 Å². The summed E-state index contributed by atoms with van der Waals surface area (Å²) >= 11 is 7.18. The lowest BCUT2D eigenvalue weighted by atomic mass is 10.2. The van der Waals surface area contributed by atoms with Gasteiger partial charge in [-0.25, -0.2) is 4.99 Å². The first-order chi connectivity index (χ1) is 17.0. The SMILES string of the molecule is COc1ccc(N=C2NC(=O)/C(=C/c3ccc(OCc4ccc(Cl)cc4)c(OC)c3)S2)c(OC)c1. The lowest BCUT2D eigenvalue weighted by molar-refractivity contribution is -0.115. The third-order valence-corrected chi connectivity index (χ3v) is 6.21. The van der Waals surface area contributed by atoms with E-state index < -0.39 is 0 Å². The van der Waals surface area contributed by atoms with E-state index >= 15 is 0 Å². The standard InChI is InChI=1S/C26H23ClN2O5S/c1-31-19-9-10-20(22(14-19)32-2)28-26-29-25(30)24(35-26)13-17-6-11-21(23(12-17)33-3)34-15-16-4-7-18(27)8-5-16/h4-14H,15H2,1-3H3,(H,28,29,30)/b24-13-. The molecule has 1 amide bonds. The van der Waals surface area contributed by atoms with Gasteiger partial charge in [-0.1, -0.05) is 29.8 Å². The van der Waals surface area contributed by atoms with E-state index in [1.165, 1.54) is 11.8 Å². The van der Waals surface area contributed by atoms with Crippen LogP contribution >= 0.6 is 23.4 Å². The summed E-state index contributed by atoms with van der Waals surface area (Å²) in [7, 11) is 4.71. The molecule has 180 valence electrons. The average molecular weight is 511 g/mol. The van der Waals surface area contributed by atoms with Crippen molar-refractivity contribution in [2.24, 2.45) is 4.99 Å². The van der Waals surface area contributed by atoms with Crippen molar-refractivity contribution in [1.29, 1.82) is 0 Å². The number of hydrogen-bond donors (Lipinski definition) is 1. The van der Waals surface area contributed by atoms with E-state index in [9.17, 15) is 4.79 Å². The summed E-state index contributed by atoms with van der Waals surface area (Å²) in [6, 6.07) is 18.2. The largest absolute Gasteiger partial charge is 0.497 e. The Morgan fingerprint density at radius 1 is 0.914 bits per heavy atom. The molecule has 7 nitrogen and oxygen atoms in total. The molecular weight excluding hydrogens is 488 g/mol. The number of hydrogen-bond acceptors (Lipinski definition) is 7. The van der Waals surface area contributed by atoms with Crippen LogP contribution in [0.15, 0.2) is 70.6 Å². The Morgan fingerprint density at radius 3 is 2.40 bits per heavy atom. The van der Waals surface area contributed by atoms with Crippen LogP contribution in [0.5, 0.6) is 23.0 Å². The minimum atomic E-state index is -0.233. The number of nitrogens with zero attached hydrogens (tertiary/aromatic N) is 1. The van der Waals surface area contributed by atoms with E-state index in [1.807, 2.05) is 42.5 Å². The fraction of sp³-hybridized carbons (Fsp3) is 0.154. The van der Waals surface area contributed by atoms with Crippen LogP contribution in [-0.2, 0) is 11.4 Å². The van der Waals surface area contributed by atoms with Gasteiger partial charge >= 0.3 is 0 Å². The molecule has 0 atom stereocenters. The zero-order chi connectivity index (χ0) is 24.8. The molecular formula is C26H23ClN2O5S. The van der Waals surface area contributed by atoms with E-state index in [1.54, 1.807) is 45.6 Å². The predicted molar refractivity (Wildman–Crippen MR) is 139 cm³/mol. The maximum absolute atomic E-state index is 12.5. The summed E-state index contributed by atoms with van der Waals surface area (Å²) in [5, 5.41) is 3.92. The van der Waals surface area contributed by atoms with Crippen LogP contribution < -0.4 is 24.3 Å². The van der Waals surface area contributed by atoms with Crippen molar-refractivity contribution in [1.82, 2.24) is 5.32 Å². The van der Waals surface area contributed by atoms with Crippen LogP contribution in [0.2, 0.25) is 5.02 Å². The fourth-order valence-corrected chi connectivity index (χ4v) is 4.21. The number of carbonyl (C=O) groups is 1. The maximum Gasteiger partial charge on any atom is 0.264 e. The number of benzene rings is 3. The highest BCUT2D eigenvalue weighted by Crippen LogP contribution is 2.35. The number of rotatable bonds is 8. The smallest absolute Gasteiger partial charge is 0.264 e. The van der Waals surface area contributed by atoms with Gasteiger partial charge in [0.25, 0.3) is 5.91 Å². The lowest BCUT2D eigenvalue weighted by Gasteiger charge is -2.11. The molecule has 1 N–H and O–H groups in total. The number of aliphatic imine (C=N–C) groups is 1. The Hall–Kier alpha value is -3.62. The van der Waals surface area contributed by atoms with Crippen molar-refractivity contribution in [3.8, 4) is 23.0 Å². The summed E-state index contributed by atoms with van der Waals surface area (Å²) in [4.78, 5) is 17.6. The third kappa shape index (κ3) is 6.09. The second kappa shape index (κ2) is 11.2. The molecule has 3 aromatic carbocycles. The molecule has 1 fully saturated rings. The van der Waals surface area contributed by atoms with E-state index in [-0.39, 0.29) is 5.91 Å². The number of nitrogens with one attached hydrogen (secondary N) is 1. The Balaban J connectivity index is 1.49. The molecule has 4 rings (SSSR count). The third-order valence-electron chi connectivity index (χ3n) is 5.05. The van der Waals surface area contributed by atoms with Crippen molar-refractivity contribution in [3.63, 3.8) is 0 Å². The van der Waals surface area contributed by atoms with Gasteiger partial charge in [-0.15, -0.1) is 0 Å². The highest BCUT2D eigenvalue weighted by Gasteiger charge is 2.24. The Kier molecular flexibility index (Phi) is 7.84. The van der Waals surface area contributed by atoms with Crippen molar-refractivity contribution in [3.05, 3.63) is 81.7 Å². The number of amides is 1. The molecule has 0 unspecified atom stereocenters. The first-order valence-electron chi connectivity index (χ1n) is 10.6. The molecule has 9 heteroatoms. The number of thioether (sulfide) groups is 1. The van der Waals surface area contributed by atoms with Gasteiger partial charge in [-0.05, 0) is 65.4 Å². The summed E-state index contributed by atoms with van der Waals surface area (Å²) in [6.45, 7) is 0.376. The molecule has 1 saturated heterocycles. The number of carbonyl (C=O) groups excluding carboxylic acids is 1. The number of ether oxygens (including phenoxy) is 4. The molecule has 0 spiro atoms. The van der Waals surface area contributed by atoms with Crippen molar-refractivity contribution < 1.29 is 23.7 Å². The summed E-state index contributed by atoms with van der Waals surface area (Å²) in [5.41, 5.74) is 2.37. The fourth-order valence-electron chi connectivity index (χ4n) is 3.25. The topological polar surface area (TPSA) is 78.4 Å². The summed E-state index contributed by atoms with van der Waals surface area (Å²) < 4.78 is 22.0. The minimum absolute atomic E-state index is 0.233. The average Bonchev–Trinajstić information content (AvgIpc) is 3.22. The first-order valence-corrected chi connectivity index (χ1v) is 11.8. The number of methoxy groups -OCH3 is 3. The van der Waals surface area contributed by atoms with Crippen LogP contribution in [0.3, 0.4) is 0 Å². The maximum atomic E-state index is 12.5. The Morgan fingerprint density at radius 2 is 1.69 bits per heavy atom. The van der Waals surface area contributed by atoms with Crippen LogP contribution in [0.1, 0.15) is 11.1 Å². The van der Waals surface area contributed by atoms with Gasteiger partial charge in [0.2, 0.25) is 0 Å². The molecule has 0 aliphatic carbocycles. The summed E-state index contributed by atoms with van der Waals surface area (Å²) in [6.07, 6.45) is 1.78. The molecule has 0 aromatic heterocycles. The van der Waals surface area contributed by atoms with Gasteiger partial charge in [-0.3, -0.25) is 4.79 Å². The molecule has 1 aliphatic heterocycles. The first kappa shape index (κ1) is 24.5. The van der Waals surface area contributed by atoms with Gasteiger partial charge in [0.15, 0.2) is 16.7 Å². The van der Waals surface area contributed by atoms with Gasteiger partial charge in [0.1, 0.15) is 23.8 Å². The zero-order valence-electron chi connectivity index (χ0n) is 19.3. The summed E-state index contributed by atoms with van der Waals surface area (Å²) in [5.74, 6) is 2.13. The number of amidine groups is 1. The molecule has 0 bridgehead atoms. The molecule has 0 saturated carbocycles. The Bertz CT molecular complexity index is 1290. The van der Waals surface area contributed by atoms with Gasteiger partial charge in [-0.2, -0.15) is 0 Å². The van der Waals surface area contributed by atoms with Crippen molar-refractivity contribution in [2.75, 3.05) is 21.3 Å². The molecule has 3 aromatic rings. The molecule has 1 aliphatic rings. The van der Waals surface area contributed by atoms with Crippen LogP contribution in [0.4, 0.5) is 5.69 Å². The minimum Gasteiger partial charge on any atom is -0.497 e. The lowest BCUT2D eigenvalue weighted by Crippen LogP contribution is -2.19. The Labute approximate surface area is 212 Å². The molecule has 35 heavy (non-hydrogen) atoms. The molecule has 0 radical (unpaired) electrons. The van der Waals surface area contributed by atoms with Gasteiger partial charge < -0.3 is 24.3 Å². The van der Waals surface area contributed by atoms with Crippen LogP contribution in [-0.4, -0.2) is 32.4 Å². The quantitative estimate of drug-likeness (QED) is 0.384. The van der Waals surface area contributed by atoms with E-state index in [4.69, 9.17) is 30.5 Å². The van der Waals surface area contributed by atoms with Crippen molar-refractivity contribution in [2.45, 2.75) is 6.61 Å². The van der Waals surface area contributed by atoms with E-state index in [0.717, 1.165) is 11.1 Å². The van der Waals surface area contributed by atoms with E-state index in [0.29, 0.717) is 50.4 Å². The van der Waals surface area contributed by atoms with Gasteiger partial charge in [0, 0.05) is 11.1 Å². The molecule has 1 heterocycles. The zero-order valence-corrected chi connectivity index (χ0v) is 20.9. The second-order valence-electron chi connectivity index (χ2n) is 7.34. The highest BCUT2D eigenvalue weighted by atomic mass is 35.5. The monoisotopic (exact) mass is 510 g/mol. The predicted octanol–water partition coefficient (Wildman–Crippen LogP) is 5.84. The van der Waals surface area contributed by atoms with Crippen LogP contribution in [0.25, 0.3) is 6.08 Å². The number of halogens is 1. The van der Waals surface area contributed by atoms with Gasteiger partial charge in [0.05, 0.1) is 26.2 Å². The second-order valence-corrected chi connectivity index (χ2v) is 8.81. The van der Waals surface area contributed by atoms with Crippen LogP contribution in [0, 0.1) is 0 Å². The normalized spacial score (nSPS) is 15.3. The van der Waals surface area contributed by atoms with Crippen molar-refractivity contribution >= 4 is 46.2 Å². The highest BCUT2D eigenvalue weighted by molar-refractivity contribution is 8.18.